The first-order valence-electron chi connectivity index (χ1n) is 32.2. The number of aryl methyl sites for hydroxylation is 1. The molecule has 91 heavy (non-hydrogen) atoms. The molecule has 2 saturated carbocycles. The summed E-state index contributed by atoms with van der Waals surface area (Å²) in [6, 6.07) is 16.2. The fourth-order valence-corrected chi connectivity index (χ4v) is 13.8. The highest BCUT2D eigenvalue weighted by Crippen LogP contribution is 2.44. The van der Waals surface area contributed by atoms with Gasteiger partial charge in [-0.25, -0.2) is 0 Å². The number of rotatable bonds is 28. The zero-order valence-corrected chi connectivity index (χ0v) is 52.8. The highest BCUT2D eigenvalue weighted by atomic mass is 16.6. The molecule has 484 valence electrons. The summed E-state index contributed by atoms with van der Waals surface area (Å²) in [5.41, 5.74) is 5.09. The lowest BCUT2D eigenvalue weighted by Gasteiger charge is -2.31. The number of Topliss-reactive ketones (excluding diaryl/α,β-unsaturated/α-hetero) is 2. The number of nitrogens with one attached hydrogen (secondary N) is 7. The van der Waals surface area contributed by atoms with E-state index in [1.807, 2.05) is 48.4 Å². The van der Waals surface area contributed by atoms with Crippen molar-refractivity contribution in [3.05, 3.63) is 124 Å². The van der Waals surface area contributed by atoms with Crippen LogP contribution in [0.3, 0.4) is 0 Å². The van der Waals surface area contributed by atoms with Crippen molar-refractivity contribution in [3.63, 3.8) is 0 Å². The number of aromatic amines is 1. The Morgan fingerprint density at radius 3 is 1.98 bits per heavy atom. The molecule has 22 heteroatoms. The summed E-state index contributed by atoms with van der Waals surface area (Å²) in [7, 11) is 1.55. The molecule has 5 fully saturated rings. The Morgan fingerprint density at radius 1 is 0.692 bits per heavy atom. The van der Waals surface area contributed by atoms with Crippen molar-refractivity contribution in [2.45, 2.75) is 165 Å². The maximum absolute atomic E-state index is 15.0. The molecule has 11 rings (SSSR count). The molecule has 5 aromatic rings. The van der Waals surface area contributed by atoms with Crippen molar-refractivity contribution < 1.29 is 61.8 Å². The fraction of sp³-hybridized carbons (Fsp3) is 0.522. The van der Waals surface area contributed by atoms with Gasteiger partial charge in [-0.05, 0) is 130 Å². The van der Waals surface area contributed by atoms with E-state index < -0.39 is 77.0 Å². The summed E-state index contributed by atoms with van der Waals surface area (Å²) in [5.74, 6) is -3.06. The molecule has 2 aromatic heterocycles. The molecular formula is C69H85N9O13. The summed E-state index contributed by atoms with van der Waals surface area (Å²) >= 11 is 0. The van der Waals surface area contributed by atoms with Crippen LogP contribution in [0.2, 0.25) is 0 Å². The maximum Gasteiger partial charge on any atom is 0.290 e. The van der Waals surface area contributed by atoms with Gasteiger partial charge in [0.25, 0.3) is 5.91 Å². The van der Waals surface area contributed by atoms with Gasteiger partial charge in [0.1, 0.15) is 41.1 Å². The zero-order chi connectivity index (χ0) is 64.1. The molecule has 0 radical (unpaired) electrons. The minimum absolute atomic E-state index is 0.0251. The summed E-state index contributed by atoms with van der Waals surface area (Å²) in [5, 5.41) is 22.4. The number of hydrogen-bond acceptors (Lipinski definition) is 15. The van der Waals surface area contributed by atoms with Crippen LogP contribution in [0.15, 0.2) is 89.1 Å². The van der Waals surface area contributed by atoms with Crippen LogP contribution in [0.25, 0.3) is 16.5 Å². The number of fused-ring (bicyclic) bond motifs is 2. The minimum Gasteiger partial charge on any atom is -0.497 e. The third kappa shape index (κ3) is 15.3. The highest BCUT2D eigenvalue weighted by molar-refractivity contribution is 6.06. The van der Waals surface area contributed by atoms with Gasteiger partial charge in [-0.3, -0.25) is 43.3 Å². The molecule has 10 unspecified atom stereocenters. The number of amides is 6. The third-order valence-electron chi connectivity index (χ3n) is 19.5. The number of benzene rings is 3. The van der Waals surface area contributed by atoms with E-state index in [1.54, 1.807) is 59.1 Å². The van der Waals surface area contributed by atoms with E-state index in [2.05, 4.69) is 54.2 Å². The molecule has 6 aliphatic rings. The van der Waals surface area contributed by atoms with Crippen LogP contribution >= 0.6 is 0 Å². The number of hydrogen-bond donors (Lipinski definition) is 7. The number of carbonyl (C=O) groups is 8. The molecule has 3 saturated heterocycles. The number of ketones is 2. The van der Waals surface area contributed by atoms with Crippen LogP contribution in [0.1, 0.15) is 135 Å². The Labute approximate surface area is 529 Å². The number of aromatic nitrogens is 2. The van der Waals surface area contributed by atoms with E-state index in [9.17, 15) is 38.4 Å². The Hall–Kier alpha value is -8.05. The first kappa shape index (κ1) is 64.5. The number of ether oxygens (including phenoxy) is 4. The van der Waals surface area contributed by atoms with Crippen molar-refractivity contribution in [1.29, 1.82) is 0 Å². The second kappa shape index (κ2) is 27.8. The quantitative estimate of drug-likeness (QED) is 0.0307. The molecule has 3 aliphatic heterocycles. The standard InChI is InChI=1S/C69H85N9O13/c1-39-28-59(91-77-39)67(86)76-58(36-78-24-26-88-27-25-78)66(85)75-56(30-43-18-21-48(87-6)22-19-43)64(83)73-55(61(80)69(5)38-90-69)33-45-15-11-17-50(45)46-20-23-51-47(35-70-53(51)32-46)34-57(65(84)72-54(29-42-12-7-8-13-42)60(79)68(4)37-89-68)74-62(81)41(3)71-63(82)52-31-44-14-9-10-16-49(44)40(52)2/h9-10,14,16,18-23,28,32,35,41-42,45,50,54-58,70H,7-8,11-13,15,17,24-27,29-31,33-34,36-38H2,1-6H3,(H,71,82)(H,72,84)(H,73,83)(H,74,81)(H,75,85)(H,76,86). The first-order valence-corrected chi connectivity index (χ1v) is 32.2. The van der Waals surface area contributed by atoms with E-state index in [1.165, 1.54) is 6.07 Å². The van der Waals surface area contributed by atoms with E-state index in [0.717, 1.165) is 83.7 Å². The van der Waals surface area contributed by atoms with Crippen molar-refractivity contribution in [2.75, 3.05) is 53.2 Å². The molecule has 3 aromatic carbocycles. The molecule has 0 spiro atoms. The average molecular weight is 1250 g/mol. The van der Waals surface area contributed by atoms with Crippen molar-refractivity contribution in [3.8, 4) is 5.75 Å². The molecule has 10 atom stereocenters. The highest BCUT2D eigenvalue weighted by Gasteiger charge is 2.52. The lowest BCUT2D eigenvalue weighted by molar-refractivity contribution is -0.134. The van der Waals surface area contributed by atoms with Gasteiger partial charge >= 0.3 is 0 Å². The number of epoxide rings is 2. The zero-order valence-electron chi connectivity index (χ0n) is 52.8. The van der Waals surface area contributed by atoms with Gasteiger partial charge in [0, 0.05) is 67.6 Å². The van der Waals surface area contributed by atoms with Gasteiger partial charge in [0.15, 0.2) is 11.6 Å². The second-order valence-electron chi connectivity index (χ2n) is 26.2. The fourth-order valence-electron chi connectivity index (χ4n) is 13.8. The SMILES string of the molecule is COc1ccc(CC(NC(=O)C(CN2CCOCC2)NC(=O)c2cc(C)no2)C(=O)NC(CC2CCCC2c2ccc3c(CC(NC(=O)C(C)NC(=O)C4=C(C)c5ccccc5C4)C(=O)NC(CC4CCCC4)C(=O)C4(C)CO4)c[nH]c3c2)C(=O)C2(C)CO2)cc1. The van der Waals surface area contributed by atoms with Gasteiger partial charge in [-0.2, -0.15) is 0 Å². The lowest BCUT2D eigenvalue weighted by atomic mass is 9.82. The van der Waals surface area contributed by atoms with Crippen LogP contribution in [0, 0.1) is 18.8 Å². The van der Waals surface area contributed by atoms with E-state index in [-0.39, 0.29) is 80.0 Å². The van der Waals surface area contributed by atoms with Gasteiger partial charge in [0.05, 0.1) is 51.3 Å². The molecule has 6 amide bonds. The van der Waals surface area contributed by atoms with Crippen LogP contribution in [-0.4, -0.2) is 163 Å². The largest absolute Gasteiger partial charge is 0.497 e. The summed E-state index contributed by atoms with van der Waals surface area (Å²) in [6.45, 7) is 11.1. The third-order valence-corrected chi connectivity index (χ3v) is 19.5. The Kier molecular flexibility index (Phi) is 19.7. The van der Waals surface area contributed by atoms with Gasteiger partial charge in [-0.1, -0.05) is 85.8 Å². The predicted molar refractivity (Wildman–Crippen MR) is 337 cm³/mol. The summed E-state index contributed by atoms with van der Waals surface area (Å²) < 4.78 is 27.5. The van der Waals surface area contributed by atoms with Crippen molar-refractivity contribution in [2.24, 2.45) is 11.8 Å². The van der Waals surface area contributed by atoms with Crippen LogP contribution < -0.4 is 36.6 Å². The normalized spacial score (nSPS) is 23.2. The molecule has 22 nitrogen and oxygen atoms in total. The molecule has 7 N–H and O–H groups in total. The number of allylic oxidation sites excluding steroid dienone is 1. The van der Waals surface area contributed by atoms with E-state index in [4.69, 9.17) is 23.5 Å². The van der Waals surface area contributed by atoms with Crippen LogP contribution in [0.5, 0.6) is 5.75 Å². The van der Waals surface area contributed by atoms with E-state index >= 15 is 0 Å². The minimum atomic E-state index is -1.20. The number of methoxy groups -OCH3 is 1. The maximum atomic E-state index is 15.0. The van der Waals surface area contributed by atoms with Crippen molar-refractivity contribution >= 4 is 63.5 Å². The predicted octanol–water partition coefficient (Wildman–Crippen LogP) is 5.43. The van der Waals surface area contributed by atoms with Crippen LogP contribution in [0.4, 0.5) is 0 Å². The van der Waals surface area contributed by atoms with Gasteiger partial charge < -0.3 is 60.4 Å². The monoisotopic (exact) mass is 1250 g/mol. The van der Waals surface area contributed by atoms with Gasteiger partial charge in [0.2, 0.25) is 35.3 Å². The number of morpholine rings is 1. The lowest BCUT2D eigenvalue weighted by Crippen LogP contribution is -2.59. The van der Waals surface area contributed by atoms with Crippen molar-refractivity contribution in [1.82, 2.24) is 46.9 Å². The molecule has 0 bridgehead atoms. The second-order valence-corrected chi connectivity index (χ2v) is 26.2. The topological polar surface area (TPSA) is 297 Å². The summed E-state index contributed by atoms with van der Waals surface area (Å²) in [4.78, 5) is 120. The number of carbonyl (C=O) groups excluding carboxylic acids is 8. The number of H-pyrrole nitrogens is 1. The summed E-state index contributed by atoms with van der Waals surface area (Å²) in [6.07, 6.45) is 9.57. The Bertz CT molecular complexity index is 3570. The van der Waals surface area contributed by atoms with Crippen LogP contribution in [-0.2, 0) is 67.0 Å². The average Bonchev–Trinajstić information content (AvgIpc) is 1.69. The smallest absolute Gasteiger partial charge is 0.290 e. The van der Waals surface area contributed by atoms with E-state index in [0.29, 0.717) is 61.7 Å². The molecule has 5 heterocycles. The van der Waals surface area contributed by atoms with Gasteiger partial charge in [-0.15, -0.1) is 0 Å². The Balaban J connectivity index is 0.814. The first-order chi connectivity index (χ1) is 43.7. The Morgan fingerprint density at radius 2 is 1.33 bits per heavy atom. The molecule has 3 aliphatic carbocycles. The number of nitrogens with zero attached hydrogens (tertiary/aromatic N) is 2. The molecular weight excluding hydrogens is 1160 g/mol.